The fourth-order valence-corrected chi connectivity index (χ4v) is 4.11. The quantitative estimate of drug-likeness (QED) is 0.285. The molecule has 4 rings (SSSR count). The predicted octanol–water partition coefficient (Wildman–Crippen LogP) is 5.53. The van der Waals surface area contributed by atoms with Crippen molar-refractivity contribution < 1.29 is 9.53 Å². The molecule has 0 aliphatic heterocycles. The molecule has 0 saturated carbocycles. The van der Waals surface area contributed by atoms with Crippen LogP contribution in [0.3, 0.4) is 0 Å². The van der Waals surface area contributed by atoms with E-state index < -0.39 is 0 Å². The highest BCUT2D eigenvalue weighted by Crippen LogP contribution is 2.30. The summed E-state index contributed by atoms with van der Waals surface area (Å²) in [5.41, 5.74) is 4.85. The average molecular weight is 430 g/mol. The number of aryl methyl sites for hydroxylation is 2. The van der Waals surface area contributed by atoms with Crippen LogP contribution in [0.15, 0.2) is 78.0 Å². The second-order valence-electron chi connectivity index (χ2n) is 7.23. The number of hydrogen-bond acceptors (Lipinski definition) is 5. The summed E-state index contributed by atoms with van der Waals surface area (Å²) in [7, 11) is 1.64. The van der Waals surface area contributed by atoms with Crippen molar-refractivity contribution in [2.75, 3.05) is 12.9 Å². The van der Waals surface area contributed by atoms with Gasteiger partial charge in [-0.15, -0.1) is 10.2 Å². The van der Waals surface area contributed by atoms with Crippen LogP contribution in [0.4, 0.5) is 0 Å². The fourth-order valence-electron chi connectivity index (χ4n) is 3.27. The second kappa shape index (κ2) is 9.18. The molecule has 0 unspecified atom stereocenters. The maximum Gasteiger partial charge on any atom is 0.196 e. The number of hydrogen-bond donors (Lipinski definition) is 0. The Morgan fingerprint density at radius 2 is 1.65 bits per heavy atom. The number of nitrogens with zero attached hydrogens (tertiary/aromatic N) is 3. The molecule has 0 spiro atoms. The van der Waals surface area contributed by atoms with Crippen molar-refractivity contribution in [2.24, 2.45) is 0 Å². The van der Waals surface area contributed by atoms with E-state index in [9.17, 15) is 4.79 Å². The maximum absolute atomic E-state index is 12.7. The molecular weight excluding hydrogens is 406 g/mol. The Kier molecular flexibility index (Phi) is 6.18. The van der Waals surface area contributed by atoms with Gasteiger partial charge in [-0.05, 0) is 49.7 Å². The Bertz CT molecular complexity index is 1200. The van der Waals surface area contributed by atoms with Gasteiger partial charge in [-0.25, -0.2) is 0 Å². The van der Waals surface area contributed by atoms with E-state index >= 15 is 0 Å². The fraction of sp³-hybridized carbons (Fsp3) is 0.160. The number of ether oxygens (including phenoxy) is 1. The molecule has 6 heteroatoms. The van der Waals surface area contributed by atoms with Crippen LogP contribution in [-0.4, -0.2) is 33.4 Å². The van der Waals surface area contributed by atoms with Crippen LogP contribution in [0.5, 0.6) is 5.75 Å². The summed E-state index contributed by atoms with van der Waals surface area (Å²) < 4.78 is 7.29. The van der Waals surface area contributed by atoms with Crippen molar-refractivity contribution in [1.82, 2.24) is 14.8 Å². The lowest BCUT2D eigenvalue weighted by atomic mass is 10.1. The van der Waals surface area contributed by atoms with E-state index in [2.05, 4.69) is 23.2 Å². The molecule has 0 N–H and O–H groups in total. The van der Waals surface area contributed by atoms with Crippen LogP contribution in [0.1, 0.15) is 21.5 Å². The van der Waals surface area contributed by atoms with E-state index in [-0.39, 0.29) is 11.5 Å². The SMILES string of the molecule is COc1ccc(-c2nnc(SCC(=O)c3ccc(C)cc3)n2-c2ccccc2C)cc1. The topological polar surface area (TPSA) is 57.0 Å². The third kappa shape index (κ3) is 4.54. The van der Waals surface area contributed by atoms with Gasteiger partial charge in [0.25, 0.3) is 0 Å². The summed E-state index contributed by atoms with van der Waals surface area (Å²) in [5, 5.41) is 9.57. The molecule has 0 aliphatic rings. The van der Waals surface area contributed by atoms with Crippen LogP contribution in [0, 0.1) is 13.8 Å². The molecule has 0 radical (unpaired) electrons. The van der Waals surface area contributed by atoms with Gasteiger partial charge in [0.15, 0.2) is 16.8 Å². The van der Waals surface area contributed by atoms with Crippen molar-refractivity contribution >= 4 is 17.5 Å². The third-order valence-corrected chi connectivity index (χ3v) is 5.97. The van der Waals surface area contributed by atoms with Crippen LogP contribution >= 0.6 is 11.8 Å². The van der Waals surface area contributed by atoms with Gasteiger partial charge in [-0.2, -0.15) is 0 Å². The molecule has 0 atom stereocenters. The number of benzene rings is 3. The summed E-state index contributed by atoms with van der Waals surface area (Å²) in [4.78, 5) is 12.7. The van der Waals surface area contributed by atoms with Gasteiger partial charge in [0.05, 0.1) is 18.6 Å². The largest absolute Gasteiger partial charge is 0.497 e. The molecule has 5 nitrogen and oxygen atoms in total. The minimum absolute atomic E-state index is 0.0651. The highest BCUT2D eigenvalue weighted by Gasteiger charge is 2.19. The number of Topliss-reactive ketones (excluding diaryl/α,β-unsaturated/α-hetero) is 1. The van der Waals surface area contributed by atoms with Gasteiger partial charge in [0, 0.05) is 11.1 Å². The van der Waals surface area contributed by atoms with E-state index in [4.69, 9.17) is 4.74 Å². The summed E-state index contributed by atoms with van der Waals surface area (Å²) in [6, 6.07) is 23.5. The number of thioether (sulfide) groups is 1. The van der Waals surface area contributed by atoms with Gasteiger partial charge in [-0.3, -0.25) is 9.36 Å². The molecule has 3 aromatic carbocycles. The Morgan fingerprint density at radius 1 is 0.935 bits per heavy atom. The number of rotatable bonds is 7. The van der Waals surface area contributed by atoms with E-state index in [1.165, 1.54) is 11.8 Å². The summed E-state index contributed by atoms with van der Waals surface area (Å²) in [6.45, 7) is 4.06. The van der Waals surface area contributed by atoms with Gasteiger partial charge >= 0.3 is 0 Å². The van der Waals surface area contributed by atoms with Gasteiger partial charge < -0.3 is 4.74 Å². The van der Waals surface area contributed by atoms with Crippen molar-refractivity contribution in [2.45, 2.75) is 19.0 Å². The van der Waals surface area contributed by atoms with Crippen LogP contribution in [-0.2, 0) is 0 Å². The zero-order valence-corrected chi connectivity index (χ0v) is 18.5. The smallest absolute Gasteiger partial charge is 0.196 e. The zero-order chi connectivity index (χ0) is 21.8. The molecule has 0 fully saturated rings. The van der Waals surface area contributed by atoms with E-state index in [0.717, 1.165) is 34.0 Å². The van der Waals surface area contributed by atoms with Crippen LogP contribution in [0.25, 0.3) is 17.1 Å². The lowest BCUT2D eigenvalue weighted by Gasteiger charge is -2.13. The van der Waals surface area contributed by atoms with Crippen LogP contribution in [0.2, 0.25) is 0 Å². The first-order valence-electron chi connectivity index (χ1n) is 9.95. The van der Waals surface area contributed by atoms with Gasteiger partial charge in [0.1, 0.15) is 5.75 Å². The van der Waals surface area contributed by atoms with Crippen molar-refractivity contribution in [3.8, 4) is 22.8 Å². The molecule has 4 aromatic rings. The minimum atomic E-state index is 0.0651. The molecule has 156 valence electrons. The molecule has 0 amide bonds. The first-order chi connectivity index (χ1) is 15.1. The molecule has 0 saturated heterocycles. The molecule has 0 bridgehead atoms. The van der Waals surface area contributed by atoms with Crippen molar-refractivity contribution in [3.05, 3.63) is 89.5 Å². The average Bonchev–Trinajstić information content (AvgIpc) is 3.22. The summed E-state index contributed by atoms with van der Waals surface area (Å²) in [6.07, 6.45) is 0. The van der Waals surface area contributed by atoms with Crippen LogP contribution < -0.4 is 4.74 Å². The van der Waals surface area contributed by atoms with Crippen molar-refractivity contribution in [3.63, 3.8) is 0 Å². The van der Waals surface area contributed by atoms with E-state index in [0.29, 0.717) is 10.7 Å². The number of ketones is 1. The lowest BCUT2D eigenvalue weighted by Crippen LogP contribution is -2.06. The molecule has 1 heterocycles. The standard InChI is InChI=1S/C25H23N3O2S/c1-17-8-10-19(11-9-17)23(29)16-31-25-27-26-24(20-12-14-21(30-3)15-13-20)28(25)22-7-5-4-6-18(22)2/h4-15H,16H2,1-3H3. The lowest BCUT2D eigenvalue weighted by molar-refractivity contribution is 0.102. The van der Waals surface area contributed by atoms with Crippen molar-refractivity contribution in [1.29, 1.82) is 0 Å². The Balaban J connectivity index is 1.69. The third-order valence-electron chi connectivity index (χ3n) is 5.04. The zero-order valence-electron chi connectivity index (χ0n) is 17.7. The predicted molar refractivity (Wildman–Crippen MR) is 124 cm³/mol. The maximum atomic E-state index is 12.7. The summed E-state index contributed by atoms with van der Waals surface area (Å²) >= 11 is 1.40. The summed E-state index contributed by atoms with van der Waals surface area (Å²) in [5.74, 6) is 1.86. The first-order valence-corrected chi connectivity index (χ1v) is 10.9. The number of methoxy groups -OCH3 is 1. The Morgan fingerprint density at radius 3 is 2.32 bits per heavy atom. The highest BCUT2D eigenvalue weighted by molar-refractivity contribution is 7.99. The number of carbonyl (C=O) groups is 1. The van der Waals surface area contributed by atoms with Gasteiger partial charge in [-0.1, -0.05) is 59.8 Å². The van der Waals surface area contributed by atoms with E-state index in [1.54, 1.807) is 7.11 Å². The highest BCUT2D eigenvalue weighted by atomic mass is 32.2. The van der Waals surface area contributed by atoms with E-state index in [1.807, 2.05) is 78.2 Å². The monoisotopic (exact) mass is 429 g/mol. The molecule has 0 aliphatic carbocycles. The minimum Gasteiger partial charge on any atom is -0.497 e. The molecule has 1 aromatic heterocycles. The Labute approximate surface area is 186 Å². The first kappa shape index (κ1) is 20.9. The number of para-hydroxylation sites is 1. The van der Waals surface area contributed by atoms with Gasteiger partial charge in [0.2, 0.25) is 0 Å². The molecular formula is C25H23N3O2S. The number of aromatic nitrogens is 3. The second-order valence-corrected chi connectivity index (χ2v) is 8.18. The Hall–Kier alpha value is -3.38. The molecule has 31 heavy (non-hydrogen) atoms. The number of carbonyl (C=O) groups excluding carboxylic acids is 1. The normalized spacial score (nSPS) is 10.8.